The fourth-order valence-electron chi connectivity index (χ4n) is 1.90. The quantitative estimate of drug-likeness (QED) is 0.890. The number of anilines is 1. The molecule has 114 valence electrons. The maximum absolute atomic E-state index is 11.8. The molecule has 5 heteroatoms. The number of amides is 1. The van der Waals surface area contributed by atoms with Crippen molar-refractivity contribution < 1.29 is 19.4 Å². The fourth-order valence-corrected chi connectivity index (χ4v) is 1.90. The van der Waals surface area contributed by atoms with E-state index in [1.807, 2.05) is 32.0 Å². The van der Waals surface area contributed by atoms with Crippen molar-refractivity contribution in [2.75, 3.05) is 11.9 Å². The van der Waals surface area contributed by atoms with Gasteiger partial charge < -0.3 is 15.2 Å². The van der Waals surface area contributed by atoms with E-state index in [4.69, 9.17) is 9.84 Å². The van der Waals surface area contributed by atoms with E-state index in [-0.39, 0.29) is 18.1 Å². The van der Waals surface area contributed by atoms with Gasteiger partial charge in [0.25, 0.3) is 5.91 Å². The van der Waals surface area contributed by atoms with Crippen molar-refractivity contribution in [3.63, 3.8) is 0 Å². The largest absolute Gasteiger partial charge is 0.483 e. The molecule has 0 aliphatic rings. The molecule has 22 heavy (non-hydrogen) atoms. The first kappa shape index (κ1) is 15.6. The highest BCUT2D eigenvalue weighted by Gasteiger charge is 2.07. The van der Waals surface area contributed by atoms with Gasteiger partial charge in [-0.1, -0.05) is 12.1 Å². The van der Waals surface area contributed by atoms with Crippen molar-refractivity contribution in [3.8, 4) is 5.75 Å². The van der Waals surface area contributed by atoms with Crippen molar-refractivity contribution in [2.24, 2.45) is 0 Å². The van der Waals surface area contributed by atoms with E-state index in [1.54, 1.807) is 12.1 Å². The van der Waals surface area contributed by atoms with E-state index < -0.39 is 5.97 Å². The maximum Gasteiger partial charge on any atom is 0.335 e. The first-order valence-electron chi connectivity index (χ1n) is 6.79. The summed E-state index contributed by atoms with van der Waals surface area (Å²) in [6, 6.07) is 11.7. The molecule has 0 radical (unpaired) electrons. The van der Waals surface area contributed by atoms with Gasteiger partial charge in [0.15, 0.2) is 6.61 Å². The fraction of sp³-hybridized carbons (Fsp3) is 0.176. The van der Waals surface area contributed by atoms with Crippen LogP contribution >= 0.6 is 0 Å². The van der Waals surface area contributed by atoms with Crippen LogP contribution in [0.15, 0.2) is 42.5 Å². The molecule has 2 aromatic carbocycles. The summed E-state index contributed by atoms with van der Waals surface area (Å²) < 4.78 is 5.51. The monoisotopic (exact) mass is 299 g/mol. The Bertz CT molecular complexity index is 692. The Labute approximate surface area is 128 Å². The van der Waals surface area contributed by atoms with E-state index in [0.717, 1.165) is 11.1 Å². The molecule has 2 rings (SSSR count). The molecule has 0 aliphatic heterocycles. The normalized spacial score (nSPS) is 10.1. The van der Waals surface area contributed by atoms with Crippen LogP contribution in [0.25, 0.3) is 0 Å². The molecule has 0 bridgehead atoms. The minimum absolute atomic E-state index is 0.106. The van der Waals surface area contributed by atoms with Gasteiger partial charge in [-0.15, -0.1) is 0 Å². The van der Waals surface area contributed by atoms with Gasteiger partial charge in [0.2, 0.25) is 0 Å². The molecule has 1 amide bonds. The zero-order valence-corrected chi connectivity index (χ0v) is 12.4. The van der Waals surface area contributed by atoms with Crippen LogP contribution in [0.2, 0.25) is 0 Å². The van der Waals surface area contributed by atoms with Crippen molar-refractivity contribution >= 4 is 17.6 Å². The number of ether oxygens (including phenoxy) is 1. The number of nitrogens with one attached hydrogen (secondary N) is 1. The lowest BCUT2D eigenvalue weighted by atomic mass is 10.1. The molecular weight excluding hydrogens is 282 g/mol. The summed E-state index contributed by atoms with van der Waals surface area (Å²) in [6.45, 7) is 3.76. The molecule has 0 atom stereocenters. The summed E-state index contributed by atoms with van der Waals surface area (Å²) >= 11 is 0. The number of carbonyl (C=O) groups excluding carboxylic acids is 1. The summed E-state index contributed by atoms with van der Waals surface area (Å²) in [5.74, 6) is -0.628. The number of rotatable bonds is 5. The van der Waals surface area contributed by atoms with Crippen LogP contribution in [0.5, 0.6) is 5.75 Å². The average molecular weight is 299 g/mol. The molecule has 2 N–H and O–H groups in total. The zero-order chi connectivity index (χ0) is 16.1. The predicted molar refractivity (Wildman–Crippen MR) is 83.4 cm³/mol. The average Bonchev–Trinajstić information content (AvgIpc) is 2.49. The maximum atomic E-state index is 11.8. The molecule has 0 saturated carbocycles. The molecule has 0 saturated heterocycles. The summed E-state index contributed by atoms with van der Waals surface area (Å²) in [5.41, 5.74) is 2.72. The van der Waals surface area contributed by atoms with Crippen LogP contribution in [0, 0.1) is 13.8 Å². The third kappa shape index (κ3) is 4.09. The molecule has 5 nitrogen and oxygen atoms in total. The Morgan fingerprint density at radius 2 is 1.77 bits per heavy atom. The number of benzene rings is 2. The minimum atomic E-state index is -1.00. The molecule has 0 unspecified atom stereocenters. The van der Waals surface area contributed by atoms with Gasteiger partial charge >= 0.3 is 5.97 Å². The Morgan fingerprint density at radius 1 is 1.09 bits per heavy atom. The van der Waals surface area contributed by atoms with Crippen LogP contribution < -0.4 is 10.1 Å². The minimum Gasteiger partial charge on any atom is -0.483 e. The van der Waals surface area contributed by atoms with Crippen LogP contribution in [0.4, 0.5) is 5.69 Å². The molecular formula is C17H17NO4. The lowest BCUT2D eigenvalue weighted by Gasteiger charge is -2.10. The number of aromatic carboxylic acids is 1. The first-order chi connectivity index (χ1) is 10.5. The van der Waals surface area contributed by atoms with Gasteiger partial charge in [0.1, 0.15) is 5.75 Å². The van der Waals surface area contributed by atoms with E-state index in [9.17, 15) is 9.59 Å². The highest BCUT2D eigenvalue weighted by molar-refractivity contribution is 5.93. The number of carboxylic acid groups (broad SMARTS) is 1. The molecule has 0 fully saturated rings. The highest BCUT2D eigenvalue weighted by atomic mass is 16.5. The molecule has 0 heterocycles. The SMILES string of the molecule is Cc1ccc(C)c(OCC(=O)Nc2ccc(C(=O)O)cc2)c1. The number of carboxylic acids is 1. The smallest absolute Gasteiger partial charge is 0.335 e. The Morgan fingerprint density at radius 3 is 2.41 bits per heavy atom. The number of hydrogen-bond acceptors (Lipinski definition) is 3. The third-order valence-electron chi connectivity index (χ3n) is 3.12. The number of hydrogen-bond donors (Lipinski definition) is 2. The first-order valence-corrected chi connectivity index (χ1v) is 6.79. The summed E-state index contributed by atoms with van der Waals surface area (Å²) in [6.07, 6.45) is 0. The zero-order valence-electron chi connectivity index (χ0n) is 12.4. The predicted octanol–water partition coefficient (Wildman–Crippen LogP) is 3.02. The summed E-state index contributed by atoms with van der Waals surface area (Å²) in [5, 5.41) is 11.5. The lowest BCUT2D eigenvalue weighted by Crippen LogP contribution is -2.20. The summed E-state index contributed by atoms with van der Waals surface area (Å²) in [7, 11) is 0. The second-order valence-electron chi connectivity index (χ2n) is 4.99. The van der Waals surface area contributed by atoms with E-state index in [0.29, 0.717) is 11.4 Å². The van der Waals surface area contributed by atoms with Crippen LogP contribution in [0.3, 0.4) is 0 Å². The standard InChI is InChI=1S/C17H17NO4/c1-11-3-4-12(2)15(9-11)22-10-16(19)18-14-7-5-13(6-8-14)17(20)21/h3-9H,10H2,1-2H3,(H,18,19)(H,20,21). The molecule has 0 aromatic heterocycles. The Kier molecular flexibility index (Phi) is 4.78. The molecule has 0 spiro atoms. The second kappa shape index (κ2) is 6.76. The third-order valence-corrected chi connectivity index (χ3v) is 3.12. The van der Waals surface area contributed by atoms with Crippen molar-refractivity contribution in [2.45, 2.75) is 13.8 Å². The second-order valence-corrected chi connectivity index (χ2v) is 4.99. The van der Waals surface area contributed by atoms with Gasteiger partial charge in [-0.2, -0.15) is 0 Å². The lowest BCUT2D eigenvalue weighted by molar-refractivity contribution is -0.118. The van der Waals surface area contributed by atoms with E-state index in [2.05, 4.69) is 5.32 Å². The molecule has 2 aromatic rings. The van der Waals surface area contributed by atoms with Gasteiger partial charge in [0.05, 0.1) is 5.56 Å². The van der Waals surface area contributed by atoms with Crippen molar-refractivity contribution in [3.05, 3.63) is 59.2 Å². The van der Waals surface area contributed by atoms with Gasteiger partial charge in [-0.25, -0.2) is 4.79 Å². The molecule has 0 aliphatic carbocycles. The highest BCUT2D eigenvalue weighted by Crippen LogP contribution is 2.19. The number of aryl methyl sites for hydroxylation is 2. The van der Waals surface area contributed by atoms with Crippen molar-refractivity contribution in [1.82, 2.24) is 0 Å². The van der Waals surface area contributed by atoms with Crippen LogP contribution in [0.1, 0.15) is 21.5 Å². The van der Waals surface area contributed by atoms with Gasteiger partial charge in [-0.3, -0.25) is 4.79 Å². The Balaban J connectivity index is 1.92. The topological polar surface area (TPSA) is 75.6 Å². The van der Waals surface area contributed by atoms with E-state index >= 15 is 0 Å². The van der Waals surface area contributed by atoms with Crippen LogP contribution in [-0.4, -0.2) is 23.6 Å². The van der Waals surface area contributed by atoms with Gasteiger partial charge in [-0.05, 0) is 55.3 Å². The number of carbonyl (C=O) groups is 2. The summed E-state index contributed by atoms with van der Waals surface area (Å²) in [4.78, 5) is 22.6. The Hall–Kier alpha value is -2.82. The van der Waals surface area contributed by atoms with Gasteiger partial charge in [0, 0.05) is 5.69 Å². The van der Waals surface area contributed by atoms with E-state index in [1.165, 1.54) is 12.1 Å². The van der Waals surface area contributed by atoms with Crippen LogP contribution in [-0.2, 0) is 4.79 Å². The van der Waals surface area contributed by atoms with Crippen molar-refractivity contribution in [1.29, 1.82) is 0 Å².